The second kappa shape index (κ2) is 7.58. The molecular formula is C15H21NOS. The number of rotatable bonds is 3. The van der Waals surface area contributed by atoms with Crippen molar-refractivity contribution in [1.29, 1.82) is 0 Å². The van der Waals surface area contributed by atoms with Gasteiger partial charge in [0.05, 0.1) is 24.1 Å². The minimum atomic E-state index is 0.422. The lowest BCUT2D eigenvalue weighted by Crippen LogP contribution is -2.10. The molecule has 1 aromatic rings. The van der Waals surface area contributed by atoms with Gasteiger partial charge in [-0.15, -0.1) is 11.3 Å². The first-order valence-corrected chi connectivity index (χ1v) is 7.59. The van der Waals surface area contributed by atoms with Crippen LogP contribution in [0, 0.1) is 11.8 Å². The van der Waals surface area contributed by atoms with Crippen molar-refractivity contribution in [2.24, 2.45) is 5.73 Å². The third kappa shape index (κ3) is 4.45. The van der Waals surface area contributed by atoms with Gasteiger partial charge < -0.3 is 10.5 Å². The second-order valence-electron chi connectivity index (χ2n) is 4.70. The largest absolute Gasteiger partial charge is 0.373 e. The zero-order valence-corrected chi connectivity index (χ0v) is 11.6. The molecule has 0 amide bonds. The molecule has 0 unspecified atom stereocenters. The first-order valence-electron chi connectivity index (χ1n) is 6.78. The van der Waals surface area contributed by atoms with Crippen LogP contribution < -0.4 is 5.73 Å². The Hall–Kier alpha value is -0.820. The summed E-state index contributed by atoms with van der Waals surface area (Å²) in [6.45, 7) is 1.16. The summed E-state index contributed by atoms with van der Waals surface area (Å²) in [6, 6.07) is 4.17. The van der Waals surface area contributed by atoms with Crippen molar-refractivity contribution in [3.05, 3.63) is 21.9 Å². The van der Waals surface area contributed by atoms with Gasteiger partial charge >= 0.3 is 0 Å². The van der Waals surface area contributed by atoms with Gasteiger partial charge in [-0.2, -0.15) is 0 Å². The van der Waals surface area contributed by atoms with E-state index in [0.717, 1.165) is 11.5 Å². The van der Waals surface area contributed by atoms with E-state index in [0.29, 0.717) is 12.6 Å². The highest BCUT2D eigenvalue weighted by molar-refractivity contribution is 7.12. The van der Waals surface area contributed by atoms with E-state index in [4.69, 9.17) is 10.5 Å². The fourth-order valence-corrected chi connectivity index (χ4v) is 3.07. The Bertz CT molecular complexity index is 408. The fraction of sp³-hybridized carbons (Fsp3) is 0.600. The van der Waals surface area contributed by atoms with Crippen LogP contribution in [0.5, 0.6) is 0 Å². The molecule has 0 aromatic carbocycles. The van der Waals surface area contributed by atoms with Gasteiger partial charge in [0.15, 0.2) is 0 Å². The fourth-order valence-electron chi connectivity index (χ4n) is 2.27. The number of ether oxygens (including phenoxy) is 1. The molecule has 2 N–H and O–H groups in total. The second-order valence-corrected chi connectivity index (χ2v) is 5.86. The van der Waals surface area contributed by atoms with Crippen LogP contribution in [0.15, 0.2) is 12.1 Å². The van der Waals surface area contributed by atoms with Crippen LogP contribution in [0.4, 0.5) is 0 Å². The van der Waals surface area contributed by atoms with Crippen molar-refractivity contribution in [3.8, 4) is 11.8 Å². The monoisotopic (exact) mass is 263 g/mol. The summed E-state index contributed by atoms with van der Waals surface area (Å²) in [5, 5.41) is 0. The number of hydrogen-bond acceptors (Lipinski definition) is 3. The molecule has 1 aliphatic rings. The highest BCUT2D eigenvalue weighted by Crippen LogP contribution is 2.22. The van der Waals surface area contributed by atoms with Gasteiger partial charge in [0.1, 0.15) is 0 Å². The minimum Gasteiger partial charge on any atom is -0.373 e. The molecule has 0 aliphatic heterocycles. The SMILES string of the molecule is NCC#Cc1ccc(COC2CCCCCC2)s1. The molecule has 1 aliphatic carbocycles. The summed E-state index contributed by atoms with van der Waals surface area (Å²) in [6.07, 6.45) is 8.31. The van der Waals surface area contributed by atoms with Crippen molar-refractivity contribution in [2.45, 2.75) is 51.2 Å². The average Bonchev–Trinajstić information content (AvgIpc) is 2.68. The Morgan fingerprint density at radius 2 is 2.00 bits per heavy atom. The molecule has 18 heavy (non-hydrogen) atoms. The van der Waals surface area contributed by atoms with Gasteiger partial charge in [0.25, 0.3) is 0 Å². The molecule has 0 saturated heterocycles. The lowest BCUT2D eigenvalue weighted by molar-refractivity contribution is 0.0324. The van der Waals surface area contributed by atoms with E-state index < -0.39 is 0 Å². The molecule has 2 rings (SSSR count). The number of hydrogen-bond donors (Lipinski definition) is 1. The molecule has 1 aromatic heterocycles. The molecule has 0 spiro atoms. The first-order chi connectivity index (χ1) is 8.88. The normalized spacial score (nSPS) is 16.9. The van der Waals surface area contributed by atoms with E-state index in [1.807, 2.05) is 0 Å². The minimum absolute atomic E-state index is 0.422. The van der Waals surface area contributed by atoms with Crippen LogP contribution in [0.3, 0.4) is 0 Å². The van der Waals surface area contributed by atoms with Crippen molar-refractivity contribution in [3.63, 3.8) is 0 Å². The van der Waals surface area contributed by atoms with Crippen LogP contribution in [0.1, 0.15) is 48.3 Å². The van der Waals surface area contributed by atoms with Crippen LogP contribution in [0.25, 0.3) is 0 Å². The number of thiophene rings is 1. The molecule has 1 heterocycles. The topological polar surface area (TPSA) is 35.2 Å². The maximum Gasteiger partial charge on any atom is 0.0813 e. The quantitative estimate of drug-likeness (QED) is 0.671. The van der Waals surface area contributed by atoms with E-state index in [2.05, 4.69) is 24.0 Å². The summed E-state index contributed by atoms with van der Waals surface area (Å²) >= 11 is 1.71. The Balaban J connectivity index is 1.80. The summed E-state index contributed by atoms with van der Waals surface area (Å²) in [4.78, 5) is 2.35. The highest BCUT2D eigenvalue weighted by Gasteiger charge is 2.12. The van der Waals surface area contributed by atoms with Crippen molar-refractivity contribution in [2.75, 3.05) is 6.54 Å². The molecule has 0 radical (unpaired) electrons. The summed E-state index contributed by atoms with van der Waals surface area (Å²) < 4.78 is 6.00. The number of nitrogens with two attached hydrogens (primary N) is 1. The zero-order chi connectivity index (χ0) is 12.6. The average molecular weight is 263 g/mol. The molecule has 3 heteroatoms. The van der Waals surface area contributed by atoms with Gasteiger partial charge in [-0.25, -0.2) is 0 Å². The molecule has 0 bridgehead atoms. The van der Waals surface area contributed by atoms with E-state index >= 15 is 0 Å². The highest BCUT2D eigenvalue weighted by atomic mass is 32.1. The Morgan fingerprint density at radius 3 is 2.72 bits per heavy atom. The van der Waals surface area contributed by atoms with Crippen molar-refractivity contribution >= 4 is 11.3 Å². The van der Waals surface area contributed by atoms with Gasteiger partial charge in [-0.05, 0) is 25.0 Å². The molecular weight excluding hydrogens is 242 g/mol. The third-order valence-electron chi connectivity index (χ3n) is 3.24. The molecule has 98 valence electrons. The van der Waals surface area contributed by atoms with Crippen LogP contribution in [-0.2, 0) is 11.3 Å². The van der Waals surface area contributed by atoms with E-state index in [9.17, 15) is 0 Å². The predicted octanol–water partition coefficient (Wildman–Crippen LogP) is 3.30. The molecule has 1 saturated carbocycles. The van der Waals surface area contributed by atoms with E-state index in [-0.39, 0.29) is 0 Å². The van der Waals surface area contributed by atoms with Gasteiger partial charge in [0, 0.05) is 4.88 Å². The van der Waals surface area contributed by atoms with Crippen LogP contribution in [0.2, 0.25) is 0 Å². The molecule has 1 fully saturated rings. The standard InChI is InChI=1S/C15H21NOS/c16-11-5-8-14-9-10-15(18-14)12-17-13-6-3-1-2-4-7-13/h9-10,13H,1-4,6-7,11-12,16H2. The maximum absolute atomic E-state index is 6.00. The maximum atomic E-state index is 6.00. The third-order valence-corrected chi connectivity index (χ3v) is 4.21. The molecule has 0 atom stereocenters. The van der Waals surface area contributed by atoms with E-state index in [1.165, 1.54) is 43.4 Å². The smallest absolute Gasteiger partial charge is 0.0813 e. The van der Waals surface area contributed by atoms with Gasteiger partial charge in [-0.1, -0.05) is 37.5 Å². The summed E-state index contributed by atoms with van der Waals surface area (Å²) in [5.41, 5.74) is 5.36. The lowest BCUT2D eigenvalue weighted by Gasteiger charge is -2.14. The van der Waals surface area contributed by atoms with Crippen LogP contribution in [-0.4, -0.2) is 12.6 Å². The molecule has 2 nitrogen and oxygen atoms in total. The first kappa shape index (κ1) is 13.6. The Kier molecular flexibility index (Phi) is 5.73. The van der Waals surface area contributed by atoms with Crippen LogP contribution >= 0.6 is 11.3 Å². The predicted molar refractivity (Wildman–Crippen MR) is 76.5 cm³/mol. The summed E-state index contributed by atoms with van der Waals surface area (Å²) in [7, 11) is 0. The van der Waals surface area contributed by atoms with Gasteiger partial charge in [0.2, 0.25) is 0 Å². The Labute approximate surface area is 114 Å². The zero-order valence-electron chi connectivity index (χ0n) is 10.8. The van der Waals surface area contributed by atoms with Crippen molar-refractivity contribution in [1.82, 2.24) is 0 Å². The van der Waals surface area contributed by atoms with E-state index in [1.54, 1.807) is 11.3 Å². The van der Waals surface area contributed by atoms with Crippen molar-refractivity contribution < 1.29 is 4.74 Å². The Morgan fingerprint density at radius 1 is 1.22 bits per heavy atom. The lowest BCUT2D eigenvalue weighted by atomic mass is 10.1. The van der Waals surface area contributed by atoms with Gasteiger partial charge in [-0.3, -0.25) is 0 Å². The summed E-state index contributed by atoms with van der Waals surface area (Å²) in [5.74, 6) is 5.94.